The molecule has 3 N–H and O–H groups in total. The summed E-state index contributed by atoms with van der Waals surface area (Å²) < 4.78 is 6.79. The SMILES string of the molecule is C[C@H](NC(=O)c1ccco1)c1nc2ccccc2n1CC(N)=O. The van der Waals surface area contributed by atoms with E-state index in [1.807, 2.05) is 24.3 Å². The van der Waals surface area contributed by atoms with Gasteiger partial charge in [-0.2, -0.15) is 0 Å². The van der Waals surface area contributed by atoms with Crippen LogP contribution >= 0.6 is 0 Å². The van der Waals surface area contributed by atoms with Crippen molar-refractivity contribution in [2.75, 3.05) is 0 Å². The van der Waals surface area contributed by atoms with Crippen LogP contribution in [0.25, 0.3) is 11.0 Å². The van der Waals surface area contributed by atoms with Crippen molar-refractivity contribution in [2.45, 2.75) is 19.5 Å². The predicted molar refractivity (Wildman–Crippen MR) is 83.5 cm³/mol. The number of rotatable bonds is 5. The third kappa shape index (κ3) is 2.94. The molecular formula is C16H16N4O3. The van der Waals surface area contributed by atoms with Crippen LogP contribution in [0.5, 0.6) is 0 Å². The first-order valence-electron chi connectivity index (χ1n) is 7.14. The van der Waals surface area contributed by atoms with E-state index < -0.39 is 11.9 Å². The highest BCUT2D eigenvalue weighted by atomic mass is 16.3. The Balaban J connectivity index is 1.94. The van der Waals surface area contributed by atoms with Gasteiger partial charge in [0.2, 0.25) is 5.91 Å². The summed E-state index contributed by atoms with van der Waals surface area (Å²) >= 11 is 0. The zero-order valence-electron chi connectivity index (χ0n) is 12.5. The number of nitrogens with zero attached hydrogens (tertiary/aromatic N) is 2. The van der Waals surface area contributed by atoms with Crippen molar-refractivity contribution in [1.82, 2.24) is 14.9 Å². The average Bonchev–Trinajstić information content (AvgIpc) is 3.15. The second kappa shape index (κ2) is 5.96. The van der Waals surface area contributed by atoms with Gasteiger partial charge in [-0.3, -0.25) is 9.59 Å². The number of amides is 2. The zero-order valence-corrected chi connectivity index (χ0v) is 12.5. The standard InChI is InChI=1S/C16H16N4O3/c1-10(18-16(22)13-7-4-8-23-13)15-19-11-5-2-3-6-12(11)20(15)9-14(17)21/h2-8,10H,9H2,1H3,(H2,17,21)(H,18,22)/t10-/m0/s1. The summed E-state index contributed by atoms with van der Waals surface area (Å²) in [6.07, 6.45) is 1.43. The van der Waals surface area contributed by atoms with E-state index in [1.165, 1.54) is 6.26 Å². The normalized spacial score (nSPS) is 12.2. The van der Waals surface area contributed by atoms with Gasteiger partial charge in [-0.25, -0.2) is 4.98 Å². The van der Waals surface area contributed by atoms with E-state index in [4.69, 9.17) is 10.2 Å². The van der Waals surface area contributed by atoms with Crippen LogP contribution in [-0.2, 0) is 11.3 Å². The summed E-state index contributed by atoms with van der Waals surface area (Å²) in [4.78, 5) is 28.0. The lowest BCUT2D eigenvalue weighted by Gasteiger charge is -2.14. The number of para-hydroxylation sites is 2. The molecule has 3 rings (SSSR count). The third-order valence-corrected chi connectivity index (χ3v) is 3.48. The molecule has 1 aromatic carbocycles. The number of benzene rings is 1. The van der Waals surface area contributed by atoms with Crippen molar-refractivity contribution >= 4 is 22.8 Å². The second-order valence-corrected chi connectivity index (χ2v) is 5.18. The molecule has 0 bridgehead atoms. The van der Waals surface area contributed by atoms with Crippen molar-refractivity contribution in [3.8, 4) is 0 Å². The molecule has 7 heteroatoms. The molecule has 0 radical (unpaired) electrons. The van der Waals surface area contributed by atoms with Crippen molar-refractivity contribution in [2.24, 2.45) is 5.73 Å². The number of hydrogen-bond donors (Lipinski definition) is 2. The fraction of sp³-hybridized carbons (Fsp3) is 0.188. The van der Waals surface area contributed by atoms with Gasteiger partial charge in [0, 0.05) is 0 Å². The molecule has 1 atom stereocenters. The molecular weight excluding hydrogens is 296 g/mol. The summed E-state index contributed by atoms with van der Waals surface area (Å²) in [6, 6.07) is 10.2. The molecule has 0 saturated heterocycles. The Morgan fingerprint density at radius 3 is 2.78 bits per heavy atom. The molecule has 2 aromatic heterocycles. The number of primary amides is 1. The summed E-state index contributed by atoms with van der Waals surface area (Å²) in [6.45, 7) is 1.79. The van der Waals surface area contributed by atoms with Crippen LogP contribution in [-0.4, -0.2) is 21.4 Å². The lowest BCUT2D eigenvalue weighted by atomic mass is 10.3. The Labute approximate surface area is 132 Å². The summed E-state index contributed by atoms with van der Waals surface area (Å²) in [7, 11) is 0. The van der Waals surface area contributed by atoms with Gasteiger partial charge >= 0.3 is 0 Å². The first-order valence-corrected chi connectivity index (χ1v) is 7.14. The minimum absolute atomic E-state index is 0.00317. The monoisotopic (exact) mass is 312 g/mol. The summed E-state index contributed by atoms with van der Waals surface area (Å²) in [5.41, 5.74) is 6.86. The Morgan fingerprint density at radius 1 is 1.30 bits per heavy atom. The van der Waals surface area contributed by atoms with Gasteiger partial charge in [0.15, 0.2) is 5.76 Å². The van der Waals surface area contributed by atoms with Gasteiger partial charge in [0.25, 0.3) is 5.91 Å². The predicted octanol–water partition coefficient (Wildman–Crippen LogP) is 1.61. The minimum atomic E-state index is -0.473. The maximum Gasteiger partial charge on any atom is 0.287 e. The molecule has 0 unspecified atom stereocenters. The molecule has 2 amide bonds. The van der Waals surface area contributed by atoms with E-state index in [-0.39, 0.29) is 18.2 Å². The van der Waals surface area contributed by atoms with E-state index in [2.05, 4.69) is 10.3 Å². The Hall–Kier alpha value is -3.09. The topological polar surface area (TPSA) is 103 Å². The number of furan rings is 1. The van der Waals surface area contributed by atoms with Crippen LogP contribution in [0.1, 0.15) is 29.3 Å². The third-order valence-electron chi connectivity index (χ3n) is 3.48. The highest BCUT2D eigenvalue weighted by molar-refractivity contribution is 5.91. The molecule has 7 nitrogen and oxygen atoms in total. The first kappa shape index (κ1) is 14.8. The molecule has 2 heterocycles. The molecule has 0 fully saturated rings. The van der Waals surface area contributed by atoms with E-state index >= 15 is 0 Å². The van der Waals surface area contributed by atoms with Crippen molar-refractivity contribution in [1.29, 1.82) is 0 Å². The van der Waals surface area contributed by atoms with E-state index in [1.54, 1.807) is 23.6 Å². The largest absolute Gasteiger partial charge is 0.459 e. The number of aromatic nitrogens is 2. The van der Waals surface area contributed by atoms with Crippen molar-refractivity contribution in [3.63, 3.8) is 0 Å². The number of nitrogens with one attached hydrogen (secondary N) is 1. The molecule has 23 heavy (non-hydrogen) atoms. The van der Waals surface area contributed by atoms with Crippen molar-refractivity contribution in [3.05, 3.63) is 54.2 Å². The first-order chi connectivity index (χ1) is 11.1. The fourth-order valence-corrected chi connectivity index (χ4v) is 2.49. The van der Waals surface area contributed by atoms with Gasteiger partial charge in [-0.05, 0) is 31.2 Å². The minimum Gasteiger partial charge on any atom is -0.459 e. The number of fused-ring (bicyclic) bond motifs is 1. The molecule has 0 saturated carbocycles. The van der Waals surface area contributed by atoms with Crippen LogP contribution < -0.4 is 11.1 Å². The summed E-state index contributed by atoms with van der Waals surface area (Å²) in [5, 5.41) is 2.81. The maximum atomic E-state index is 12.1. The van der Waals surface area contributed by atoms with Gasteiger partial charge in [-0.15, -0.1) is 0 Å². The van der Waals surface area contributed by atoms with Gasteiger partial charge in [0.05, 0.1) is 23.3 Å². The van der Waals surface area contributed by atoms with Crippen LogP contribution in [0.15, 0.2) is 47.1 Å². The number of nitrogens with two attached hydrogens (primary N) is 1. The van der Waals surface area contributed by atoms with Crippen LogP contribution in [0.2, 0.25) is 0 Å². The molecule has 0 aliphatic rings. The number of carbonyl (C=O) groups excluding carboxylic acids is 2. The Bertz CT molecular complexity index is 851. The second-order valence-electron chi connectivity index (χ2n) is 5.18. The van der Waals surface area contributed by atoms with Crippen LogP contribution in [0.3, 0.4) is 0 Å². The highest BCUT2D eigenvalue weighted by Crippen LogP contribution is 2.21. The highest BCUT2D eigenvalue weighted by Gasteiger charge is 2.20. The average molecular weight is 312 g/mol. The fourth-order valence-electron chi connectivity index (χ4n) is 2.49. The maximum absolute atomic E-state index is 12.1. The van der Waals surface area contributed by atoms with E-state index in [0.29, 0.717) is 5.82 Å². The van der Waals surface area contributed by atoms with Gasteiger partial charge < -0.3 is 20.0 Å². The zero-order chi connectivity index (χ0) is 16.4. The number of carbonyl (C=O) groups is 2. The summed E-state index contributed by atoms with van der Waals surface area (Å²) in [5.74, 6) is -0.0431. The molecule has 118 valence electrons. The van der Waals surface area contributed by atoms with Crippen molar-refractivity contribution < 1.29 is 14.0 Å². The lowest BCUT2D eigenvalue weighted by Crippen LogP contribution is -2.29. The van der Waals surface area contributed by atoms with E-state index in [0.717, 1.165) is 11.0 Å². The number of hydrogen-bond acceptors (Lipinski definition) is 4. The van der Waals surface area contributed by atoms with Gasteiger partial charge in [-0.1, -0.05) is 12.1 Å². The van der Waals surface area contributed by atoms with Gasteiger partial charge in [0.1, 0.15) is 12.4 Å². The lowest BCUT2D eigenvalue weighted by molar-refractivity contribution is -0.118. The Morgan fingerprint density at radius 2 is 2.09 bits per heavy atom. The van der Waals surface area contributed by atoms with Crippen LogP contribution in [0.4, 0.5) is 0 Å². The quantitative estimate of drug-likeness (QED) is 0.747. The number of imidazole rings is 1. The molecule has 3 aromatic rings. The molecule has 0 aliphatic carbocycles. The smallest absolute Gasteiger partial charge is 0.287 e. The molecule has 0 aliphatic heterocycles. The van der Waals surface area contributed by atoms with E-state index in [9.17, 15) is 9.59 Å². The van der Waals surface area contributed by atoms with Crippen LogP contribution in [0, 0.1) is 0 Å². The Kier molecular flexibility index (Phi) is 3.84. The molecule has 0 spiro atoms.